The number of methoxy groups -OCH3 is 2. The molecule has 0 aliphatic carbocycles. The van der Waals surface area contributed by atoms with Gasteiger partial charge in [-0.15, -0.1) is 0 Å². The molecule has 7 nitrogen and oxygen atoms in total. The monoisotopic (exact) mass is 355 g/mol. The largest absolute Gasteiger partial charge is 0.465 e. The number of nitrogens with zero attached hydrogens (tertiary/aromatic N) is 2. The van der Waals surface area contributed by atoms with Crippen molar-refractivity contribution in [1.82, 2.24) is 4.57 Å². The van der Waals surface area contributed by atoms with Crippen molar-refractivity contribution in [3.8, 4) is 11.8 Å². The van der Waals surface area contributed by atoms with E-state index in [1.807, 2.05) is 26.8 Å². The maximum Gasteiger partial charge on any atom is 0.357 e. The van der Waals surface area contributed by atoms with Crippen LogP contribution in [0.4, 0.5) is 5.69 Å². The van der Waals surface area contributed by atoms with Crippen molar-refractivity contribution in [3.05, 3.63) is 46.8 Å². The minimum Gasteiger partial charge on any atom is -0.465 e. The van der Waals surface area contributed by atoms with Crippen LogP contribution in [0.2, 0.25) is 0 Å². The highest BCUT2D eigenvalue weighted by Gasteiger charge is 2.27. The van der Waals surface area contributed by atoms with Gasteiger partial charge < -0.3 is 19.8 Å². The zero-order valence-electron chi connectivity index (χ0n) is 15.4. The molecule has 2 N–H and O–H groups in total. The van der Waals surface area contributed by atoms with Gasteiger partial charge in [0.2, 0.25) is 0 Å². The van der Waals surface area contributed by atoms with E-state index in [4.69, 9.17) is 15.2 Å². The van der Waals surface area contributed by atoms with Crippen molar-refractivity contribution in [2.75, 3.05) is 20.0 Å². The Balaban J connectivity index is 2.88. The summed E-state index contributed by atoms with van der Waals surface area (Å²) in [7, 11) is 2.53. The fourth-order valence-corrected chi connectivity index (χ4v) is 2.71. The van der Waals surface area contributed by atoms with Gasteiger partial charge >= 0.3 is 11.9 Å². The van der Waals surface area contributed by atoms with Gasteiger partial charge in [-0.3, -0.25) is 0 Å². The summed E-state index contributed by atoms with van der Waals surface area (Å²) in [5.41, 5.74) is 7.61. The fraction of sp³-hybridized carbons (Fsp3) is 0.316. The predicted octanol–water partition coefficient (Wildman–Crippen LogP) is 2.80. The molecule has 136 valence electrons. The first-order valence-corrected chi connectivity index (χ1v) is 7.88. The summed E-state index contributed by atoms with van der Waals surface area (Å²) in [5, 5.41) is 9.30. The minimum absolute atomic E-state index is 0.0303. The number of rotatable bonds is 3. The Morgan fingerprint density at radius 1 is 1.15 bits per heavy atom. The summed E-state index contributed by atoms with van der Waals surface area (Å²) >= 11 is 0. The Bertz CT molecular complexity index is 914. The van der Waals surface area contributed by atoms with E-state index in [2.05, 4.69) is 0 Å². The first-order chi connectivity index (χ1) is 12.1. The second-order valence-electron chi connectivity index (χ2n) is 6.75. The number of aromatic nitrogens is 1. The van der Waals surface area contributed by atoms with Gasteiger partial charge in [0.15, 0.2) is 5.69 Å². The summed E-state index contributed by atoms with van der Waals surface area (Å²) in [6.45, 7) is 6.00. The Kier molecular flexibility index (Phi) is 5.07. The Labute approximate surface area is 151 Å². The number of benzene rings is 1. The van der Waals surface area contributed by atoms with Crippen LogP contribution in [0.25, 0.3) is 5.69 Å². The fourth-order valence-electron chi connectivity index (χ4n) is 2.71. The molecule has 0 saturated heterocycles. The molecule has 0 amide bonds. The number of ether oxygens (including phenoxy) is 2. The van der Waals surface area contributed by atoms with Crippen molar-refractivity contribution in [1.29, 1.82) is 5.26 Å². The van der Waals surface area contributed by atoms with Crippen LogP contribution in [0.15, 0.2) is 24.4 Å². The number of hydrogen-bond acceptors (Lipinski definition) is 6. The molecule has 2 rings (SSSR count). The smallest absolute Gasteiger partial charge is 0.357 e. The van der Waals surface area contributed by atoms with Crippen LogP contribution in [0.5, 0.6) is 0 Å². The van der Waals surface area contributed by atoms with Gasteiger partial charge in [-0.05, 0) is 23.1 Å². The van der Waals surface area contributed by atoms with E-state index >= 15 is 0 Å². The number of anilines is 1. The van der Waals surface area contributed by atoms with Crippen LogP contribution in [-0.4, -0.2) is 30.7 Å². The Morgan fingerprint density at radius 2 is 1.77 bits per heavy atom. The number of carbonyl (C=O) groups is 2. The van der Waals surface area contributed by atoms with Crippen LogP contribution < -0.4 is 5.73 Å². The molecular formula is C19H21N3O4. The summed E-state index contributed by atoms with van der Waals surface area (Å²) in [6, 6.07) is 7.03. The predicted molar refractivity (Wildman–Crippen MR) is 96.3 cm³/mol. The van der Waals surface area contributed by atoms with Crippen molar-refractivity contribution in [3.63, 3.8) is 0 Å². The lowest BCUT2D eigenvalue weighted by Crippen LogP contribution is -2.19. The molecule has 0 saturated carbocycles. The molecule has 0 aliphatic rings. The van der Waals surface area contributed by atoms with Crippen molar-refractivity contribution < 1.29 is 19.1 Å². The standard InChI is InChI=1S/C19H21N3O4/c1-19(2,3)13-7-6-11(17(23)25-4)8-14(13)22-10-12(9-20)15(21)16(22)18(24)26-5/h6-8,10H,21H2,1-5H3. The molecule has 0 fully saturated rings. The molecular weight excluding hydrogens is 334 g/mol. The van der Waals surface area contributed by atoms with E-state index in [0.29, 0.717) is 11.3 Å². The first-order valence-electron chi connectivity index (χ1n) is 7.88. The lowest BCUT2D eigenvalue weighted by atomic mass is 9.85. The summed E-state index contributed by atoms with van der Waals surface area (Å²) in [4.78, 5) is 24.2. The van der Waals surface area contributed by atoms with Crippen molar-refractivity contribution in [2.45, 2.75) is 26.2 Å². The summed E-state index contributed by atoms with van der Waals surface area (Å²) in [6.07, 6.45) is 1.47. The topological polar surface area (TPSA) is 107 Å². The number of nitrogen functional groups attached to an aromatic ring is 1. The minimum atomic E-state index is -0.674. The average molecular weight is 355 g/mol. The number of carbonyl (C=O) groups excluding carboxylic acids is 2. The van der Waals surface area contributed by atoms with Gasteiger partial charge in [0.05, 0.1) is 36.7 Å². The lowest BCUT2D eigenvalue weighted by Gasteiger charge is -2.24. The quantitative estimate of drug-likeness (QED) is 0.848. The van der Waals surface area contributed by atoms with Crippen LogP contribution in [0.3, 0.4) is 0 Å². The SMILES string of the molecule is COC(=O)c1ccc(C(C)(C)C)c(-n2cc(C#N)c(N)c2C(=O)OC)c1. The van der Waals surface area contributed by atoms with E-state index in [1.165, 1.54) is 25.0 Å². The molecule has 7 heteroatoms. The van der Waals surface area contributed by atoms with E-state index in [0.717, 1.165) is 5.56 Å². The van der Waals surface area contributed by atoms with Crippen LogP contribution in [0, 0.1) is 11.3 Å². The van der Waals surface area contributed by atoms with Gasteiger partial charge in [0.25, 0.3) is 0 Å². The second-order valence-corrected chi connectivity index (χ2v) is 6.75. The lowest BCUT2D eigenvalue weighted by molar-refractivity contribution is 0.0588. The zero-order valence-corrected chi connectivity index (χ0v) is 15.4. The molecule has 0 spiro atoms. The average Bonchev–Trinajstić information content (AvgIpc) is 2.95. The van der Waals surface area contributed by atoms with E-state index in [1.54, 1.807) is 18.2 Å². The van der Waals surface area contributed by atoms with E-state index in [9.17, 15) is 14.9 Å². The normalized spacial score (nSPS) is 10.9. The molecule has 1 aromatic carbocycles. The highest BCUT2D eigenvalue weighted by molar-refractivity contribution is 5.96. The third kappa shape index (κ3) is 3.26. The molecule has 0 aliphatic heterocycles. The maximum atomic E-state index is 12.3. The molecule has 0 radical (unpaired) electrons. The summed E-state index contributed by atoms with van der Waals surface area (Å²) < 4.78 is 11.1. The van der Waals surface area contributed by atoms with Gasteiger partial charge in [-0.2, -0.15) is 5.26 Å². The Morgan fingerprint density at radius 3 is 2.27 bits per heavy atom. The third-order valence-corrected chi connectivity index (χ3v) is 4.03. The van der Waals surface area contributed by atoms with E-state index in [-0.39, 0.29) is 22.4 Å². The molecule has 0 bridgehead atoms. The highest BCUT2D eigenvalue weighted by atomic mass is 16.5. The van der Waals surface area contributed by atoms with Gasteiger partial charge in [-0.25, -0.2) is 9.59 Å². The van der Waals surface area contributed by atoms with Crippen LogP contribution in [0.1, 0.15) is 52.7 Å². The van der Waals surface area contributed by atoms with Gasteiger partial charge in [0.1, 0.15) is 6.07 Å². The van der Waals surface area contributed by atoms with E-state index < -0.39 is 11.9 Å². The molecule has 2 aromatic rings. The highest BCUT2D eigenvalue weighted by Crippen LogP contribution is 2.33. The number of esters is 2. The van der Waals surface area contributed by atoms with Crippen LogP contribution >= 0.6 is 0 Å². The number of hydrogen-bond donors (Lipinski definition) is 1. The van der Waals surface area contributed by atoms with Gasteiger partial charge in [-0.1, -0.05) is 26.8 Å². The summed E-state index contributed by atoms with van der Waals surface area (Å²) in [5.74, 6) is -1.18. The molecule has 26 heavy (non-hydrogen) atoms. The van der Waals surface area contributed by atoms with Crippen molar-refractivity contribution >= 4 is 17.6 Å². The number of nitriles is 1. The Hall–Kier alpha value is -3.27. The molecule has 1 aromatic heterocycles. The van der Waals surface area contributed by atoms with Crippen molar-refractivity contribution in [2.24, 2.45) is 0 Å². The number of nitrogens with two attached hydrogens (primary N) is 1. The zero-order chi connectivity index (χ0) is 19.6. The molecule has 0 unspecified atom stereocenters. The van der Waals surface area contributed by atoms with Crippen LogP contribution in [-0.2, 0) is 14.9 Å². The third-order valence-electron chi connectivity index (χ3n) is 4.03. The second kappa shape index (κ2) is 6.92. The molecule has 1 heterocycles. The van der Waals surface area contributed by atoms with Gasteiger partial charge in [0, 0.05) is 6.20 Å². The maximum absolute atomic E-state index is 12.3. The first kappa shape index (κ1) is 19.1. The molecule has 0 atom stereocenters.